The summed E-state index contributed by atoms with van der Waals surface area (Å²) in [6, 6.07) is 0.497. The maximum atomic E-state index is 11.7. The van der Waals surface area contributed by atoms with Crippen molar-refractivity contribution >= 4 is 5.91 Å². The number of likely N-dealkylation sites (N-methyl/N-ethyl adjacent to an activating group) is 1. The Morgan fingerprint density at radius 1 is 1.60 bits per heavy atom. The van der Waals surface area contributed by atoms with Gasteiger partial charge in [0.05, 0.1) is 13.0 Å². The van der Waals surface area contributed by atoms with Crippen LogP contribution in [-0.2, 0) is 9.53 Å². The normalized spacial score (nSPS) is 20.5. The highest BCUT2D eigenvalue weighted by Gasteiger charge is 2.19. The number of amides is 1. The molecule has 4 nitrogen and oxygen atoms in total. The smallest absolute Gasteiger partial charge is 0.224 e. The second-order valence-corrected chi connectivity index (χ2v) is 3.97. The van der Waals surface area contributed by atoms with Crippen LogP contribution in [0.2, 0.25) is 0 Å². The van der Waals surface area contributed by atoms with Crippen molar-refractivity contribution in [3.05, 3.63) is 0 Å². The molecule has 1 rings (SSSR count). The van der Waals surface area contributed by atoms with Gasteiger partial charge < -0.3 is 15.0 Å². The molecule has 4 heteroatoms. The fourth-order valence-electron chi connectivity index (χ4n) is 1.93. The SMILES string of the molecule is CCN(CC1CCCN1)C(=O)CCOC. The first-order valence-electron chi connectivity index (χ1n) is 5.78. The molecule has 0 aromatic heterocycles. The summed E-state index contributed by atoms with van der Waals surface area (Å²) in [7, 11) is 1.63. The maximum Gasteiger partial charge on any atom is 0.224 e. The number of carbonyl (C=O) groups is 1. The Kier molecular flexibility index (Phi) is 5.65. The van der Waals surface area contributed by atoms with E-state index in [-0.39, 0.29) is 5.91 Å². The molecule has 0 bridgehead atoms. The van der Waals surface area contributed by atoms with Crippen LogP contribution < -0.4 is 5.32 Å². The number of methoxy groups -OCH3 is 1. The number of hydrogen-bond donors (Lipinski definition) is 1. The Bertz CT molecular complexity index is 191. The second kappa shape index (κ2) is 6.80. The molecule has 1 fully saturated rings. The molecule has 1 aliphatic heterocycles. The minimum absolute atomic E-state index is 0.202. The number of nitrogens with one attached hydrogen (secondary N) is 1. The fraction of sp³-hybridized carbons (Fsp3) is 0.909. The first-order valence-corrected chi connectivity index (χ1v) is 5.78. The largest absolute Gasteiger partial charge is 0.384 e. The zero-order valence-corrected chi connectivity index (χ0v) is 9.79. The van der Waals surface area contributed by atoms with E-state index in [0.29, 0.717) is 19.1 Å². The molecule has 1 aliphatic rings. The fourth-order valence-corrected chi connectivity index (χ4v) is 1.93. The van der Waals surface area contributed by atoms with Crippen LogP contribution in [0, 0.1) is 0 Å². The lowest BCUT2D eigenvalue weighted by atomic mass is 10.2. The van der Waals surface area contributed by atoms with Gasteiger partial charge in [0.25, 0.3) is 0 Å². The first kappa shape index (κ1) is 12.5. The summed E-state index contributed by atoms with van der Waals surface area (Å²) in [6.45, 7) is 5.28. The number of hydrogen-bond acceptors (Lipinski definition) is 3. The molecule has 0 saturated carbocycles. The van der Waals surface area contributed by atoms with Crippen molar-refractivity contribution in [3.8, 4) is 0 Å². The first-order chi connectivity index (χ1) is 7.27. The second-order valence-electron chi connectivity index (χ2n) is 3.97. The van der Waals surface area contributed by atoms with E-state index in [0.717, 1.165) is 19.6 Å². The Morgan fingerprint density at radius 3 is 2.93 bits per heavy atom. The summed E-state index contributed by atoms with van der Waals surface area (Å²) in [5.74, 6) is 0.202. The Hall–Kier alpha value is -0.610. The van der Waals surface area contributed by atoms with Gasteiger partial charge >= 0.3 is 0 Å². The number of nitrogens with zero attached hydrogens (tertiary/aromatic N) is 1. The molecule has 1 saturated heterocycles. The molecule has 1 N–H and O–H groups in total. The molecule has 1 unspecified atom stereocenters. The number of ether oxygens (including phenoxy) is 1. The molecule has 0 radical (unpaired) electrons. The zero-order valence-electron chi connectivity index (χ0n) is 9.79. The molecule has 0 spiro atoms. The van der Waals surface area contributed by atoms with Gasteiger partial charge in [-0.2, -0.15) is 0 Å². The third kappa shape index (κ3) is 4.18. The van der Waals surface area contributed by atoms with Gasteiger partial charge in [0.2, 0.25) is 5.91 Å². The minimum Gasteiger partial charge on any atom is -0.384 e. The summed E-state index contributed by atoms with van der Waals surface area (Å²) in [5, 5.41) is 3.41. The van der Waals surface area contributed by atoms with Crippen molar-refractivity contribution < 1.29 is 9.53 Å². The lowest BCUT2D eigenvalue weighted by Crippen LogP contribution is -2.41. The van der Waals surface area contributed by atoms with Crippen LogP contribution in [0.4, 0.5) is 0 Å². The molecule has 88 valence electrons. The third-order valence-corrected chi connectivity index (χ3v) is 2.86. The van der Waals surface area contributed by atoms with E-state index < -0.39 is 0 Å². The van der Waals surface area contributed by atoms with Crippen molar-refractivity contribution in [1.82, 2.24) is 10.2 Å². The molecular weight excluding hydrogens is 192 g/mol. The quantitative estimate of drug-likeness (QED) is 0.705. The summed E-state index contributed by atoms with van der Waals surface area (Å²) < 4.78 is 4.91. The van der Waals surface area contributed by atoms with Gasteiger partial charge in [-0.05, 0) is 26.3 Å². The van der Waals surface area contributed by atoms with Crippen LogP contribution in [0.15, 0.2) is 0 Å². The Morgan fingerprint density at radius 2 is 2.40 bits per heavy atom. The van der Waals surface area contributed by atoms with Crippen LogP contribution >= 0.6 is 0 Å². The van der Waals surface area contributed by atoms with E-state index >= 15 is 0 Å². The molecule has 1 amide bonds. The van der Waals surface area contributed by atoms with Crippen LogP contribution in [0.5, 0.6) is 0 Å². The van der Waals surface area contributed by atoms with Crippen LogP contribution in [0.25, 0.3) is 0 Å². The lowest BCUT2D eigenvalue weighted by Gasteiger charge is -2.24. The van der Waals surface area contributed by atoms with Gasteiger partial charge in [0, 0.05) is 26.2 Å². The highest BCUT2D eigenvalue weighted by Crippen LogP contribution is 2.07. The van der Waals surface area contributed by atoms with E-state index in [1.165, 1.54) is 12.8 Å². The standard InChI is InChI=1S/C11H22N2O2/c1-3-13(11(14)6-8-15-2)9-10-5-4-7-12-10/h10,12H,3-9H2,1-2H3. The van der Waals surface area contributed by atoms with Crippen molar-refractivity contribution in [2.24, 2.45) is 0 Å². The molecule has 0 aromatic carbocycles. The summed E-state index contributed by atoms with van der Waals surface area (Å²) in [4.78, 5) is 13.7. The summed E-state index contributed by atoms with van der Waals surface area (Å²) in [6.07, 6.45) is 2.92. The van der Waals surface area contributed by atoms with Crippen molar-refractivity contribution in [3.63, 3.8) is 0 Å². The minimum atomic E-state index is 0.202. The molecule has 1 atom stereocenters. The van der Waals surface area contributed by atoms with E-state index in [9.17, 15) is 4.79 Å². The molecular formula is C11H22N2O2. The van der Waals surface area contributed by atoms with Crippen LogP contribution in [0.3, 0.4) is 0 Å². The molecule has 1 heterocycles. The van der Waals surface area contributed by atoms with Gasteiger partial charge in [0.15, 0.2) is 0 Å². The number of rotatable bonds is 6. The van der Waals surface area contributed by atoms with E-state index in [1.807, 2.05) is 11.8 Å². The van der Waals surface area contributed by atoms with Gasteiger partial charge in [0.1, 0.15) is 0 Å². The van der Waals surface area contributed by atoms with E-state index in [1.54, 1.807) is 7.11 Å². The van der Waals surface area contributed by atoms with E-state index in [2.05, 4.69) is 5.32 Å². The maximum absolute atomic E-state index is 11.7. The monoisotopic (exact) mass is 214 g/mol. The highest BCUT2D eigenvalue weighted by molar-refractivity contribution is 5.76. The average Bonchev–Trinajstić information content (AvgIpc) is 2.75. The summed E-state index contributed by atoms with van der Waals surface area (Å²) in [5.41, 5.74) is 0. The summed E-state index contributed by atoms with van der Waals surface area (Å²) >= 11 is 0. The van der Waals surface area contributed by atoms with E-state index in [4.69, 9.17) is 4.74 Å². The average molecular weight is 214 g/mol. The van der Waals surface area contributed by atoms with Crippen LogP contribution in [0.1, 0.15) is 26.2 Å². The van der Waals surface area contributed by atoms with Crippen molar-refractivity contribution in [2.45, 2.75) is 32.2 Å². The molecule has 0 aromatic rings. The highest BCUT2D eigenvalue weighted by atomic mass is 16.5. The molecule has 0 aliphatic carbocycles. The predicted octanol–water partition coefficient (Wildman–Crippen LogP) is 0.623. The van der Waals surface area contributed by atoms with Gasteiger partial charge in [-0.15, -0.1) is 0 Å². The van der Waals surface area contributed by atoms with Gasteiger partial charge in [-0.25, -0.2) is 0 Å². The predicted molar refractivity (Wildman–Crippen MR) is 59.8 cm³/mol. The van der Waals surface area contributed by atoms with Gasteiger partial charge in [-0.3, -0.25) is 4.79 Å². The van der Waals surface area contributed by atoms with Crippen molar-refractivity contribution in [1.29, 1.82) is 0 Å². The Labute approximate surface area is 92.0 Å². The van der Waals surface area contributed by atoms with Crippen LogP contribution in [-0.4, -0.2) is 50.2 Å². The number of carbonyl (C=O) groups excluding carboxylic acids is 1. The topological polar surface area (TPSA) is 41.6 Å². The van der Waals surface area contributed by atoms with Crippen molar-refractivity contribution in [2.75, 3.05) is 33.4 Å². The lowest BCUT2D eigenvalue weighted by molar-refractivity contribution is -0.132. The third-order valence-electron chi connectivity index (χ3n) is 2.86. The van der Waals surface area contributed by atoms with Gasteiger partial charge in [-0.1, -0.05) is 0 Å². The Balaban J connectivity index is 2.29. The zero-order chi connectivity index (χ0) is 11.1. The molecule has 15 heavy (non-hydrogen) atoms.